The smallest absolute Gasteiger partial charge is 0.228 e. The summed E-state index contributed by atoms with van der Waals surface area (Å²) in [6.07, 6.45) is 2.22. The van der Waals surface area contributed by atoms with E-state index in [1.165, 1.54) is 0 Å². The van der Waals surface area contributed by atoms with Crippen LogP contribution >= 0.6 is 0 Å². The molecule has 0 aromatic heterocycles. The number of hydrogen-bond donors (Lipinski definition) is 0. The molecule has 2 aromatic rings. The van der Waals surface area contributed by atoms with Crippen LogP contribution in [0.4, 0.5) is 5.69 Å². The summed E-state index contributed by atoms with van der Waals surface area (Å²) in [5.74, 6) is 1.60. The molecule has 0 bridgehead atoms. The van der Waals surface area contributed by atoms with Crippen molar-refractivity contribution in [3.63, 3.8) is 0 Å². The molecule has 164 valence electrons. The minimum Gasteiger partial charge on any atom is -0.497 e. The Morgan fingerprint density at radius 3 is 2.29 bits per heavy atom. The van der Waals surface area contributed by atoms with Crippen molar-refractivity contribution in [3.8, 4) is 17.2 Å². The van der Waals surface area contributed by atoms with E-state index in [-0.39, 0.29) is 30.2 Å². The molecule has 0 radical (unpaired) electrons. The first-order valence-electron chi connectivity index (χ1n) is 10.5. The third kappa shape index (κ3) is 4.45. The van der Waals surface area contributed by atoms with Gasteiger partial charge in [-0.05, 0) is 42.7 Å². The molecule has 1 aliphatic carbocycles. The molecule has 2 aromatic carbocycles. The maximum atomic E-state index is 13.4. The second-order valence-electron chi connectivity index (χ2n) is 7.99. The number of rotatable bonds is 8. The molecule has 7 nitrogen and oxygen atoms in total. The summed E-state index contributed by atoms with van der Waals surface area (Å²) in [7, 11) is 4.78. The van der Waals surface area contributed by atoms with Crippen molar-refractivity contribution in [2.24, 2.45) is 5.92 Å². The van der Waals surface area contributed by atoms with E-state index in [1.807, 2.05) is 29.2 Å². The predicted molar refractivity (Wildman–Crippen MR) is 117 cm³/mol. The topological polar surface area (TPSA) is 68.3 Å². The Hall–Kier alpha value is -3.22. The minimum atomic E-state index is -0.373. The highest BCUT2D eigenvalue weighted by Gasteiger charge is 2.42. The van der Waals surface area contributed by atoms with Crippen molar-refractivity contribution in [2.75, 3.05) is 32.8 Å². The average Bonchev–Trinajstić information content (AvgIpc) is 3.58. The second-order valence-corrected chi connectivity index (χ2v) is 7.99. The number of methoxy groups -OCH3 is 3. The highest BCUT2D eigenvalue weighted by Crippen LogP contribution is 2.38. The van der Waals surface area contributed by atoms with Crippen LogP contribution in [0.1, 0.15) is 24.8 Å². The molecule has 4 rings (SSSR count). The lowest BCUT2D eigenvalue weighted by Gasteiger charge is -2.26. The maximum absolute atomic E-state index is 13.4. The number of carbonyl (C=O) groups excluding carboxylic acids is 2. The van der Waals surface area contributed by atoms with Crippen LogP contribution in [-0.2, 0) is 16.1 Å². The van der Waals surface area contributed by atoms with Crippen LogP contribution in [0.3, 0.4) is 0 Å². The molecule has 1 saturated carbocycles. The number of benzene rings is 2. The van der Waals surface area contributed by atoms with Crippen LogP contribution in [0.5, 0.6) is 17.2 Å². The number of hydrogen-bond acceptors (Lipinski definition) is 5. The predicted octanol–water partition coefficient (Wildman–Crippen LogP) is 3.26. The zero-order valence-electron chi connectivity index (χ0n) is 18.2. The van der Waals surface area contributed by atoms with E-state index in [1.54, 1.807) is 44.4 Å². The Labute approximate surface area is 182 Å². The van der Waals surface area contributed by atoms with E-state index < -0.39 is 0 Å². The Morgan fingerprint density at radius 1 is 1.00 bits per heavy atom. The first-order valence-corrected chi connectivity index (χ1v) is 10.5. The van der Waals surface area contributed by atoms with Crippen LogP contribution in [-0.4, -0.2) is 50.6 Å². The maximum Gasteiger partial charge on any atom is 0.228 e. The van der Waals surface area contributed by atoms with E-state index >= 15 is 0 Å². The van der Waals surface area contributed by atoms with Crippen LogP contribution in [0.25, 0.3) is 0 Å². The Bertz CT molecular complexity index is 955. The number of amides is 2. The van der Waals surface area contributed by atoms with Gasteiger partial charge in [-0.3, -0.25) is 9.59 Å². The van der Waals surface area contributed by atoms with Gasteiger partial charge in [-0.25, -0.2) is 0 Å². The van der Waals surface area contributed by atoms with Gasteiger partial charge in [0.2, 0.25) is 11.8 Å². The molecular weight excluding hydrogens is 396 g/mol. The summed E-state index contributed by atoms with van der Waals surface area (Å²) >= 11 is 0. The lowest BCUT2D eigenvalue weighted by Crippen LogP contribution is -2.38. The number of nitrogens with zero attached hydrogens (tertiary/aromatic N) is 2. The van der Waals surface area contributed by atoms with E-state index in [0.29, 0.717) is 30.3 Å². The molecule has 1 atom stereocenters. The van der Waals surface area contributed by atoms with Gasteiger partial charge in [0.1, 0.15) is 17.2 Å². The molecule has 0 spiro atoms. The lowest BCUT2D eigenvalue weighted by molar-refractivity contribution is -0.137. The summed E-state index contributed by atoms with van der Waals surface area (Å²) in [5, 5.41) is 0. The second kappa shape index (κ2) is 8.88. The monoisotopic (exact) mass is 424 g/mol. The Kier molecular flexibility index (Phi) is 6.02. The molecule has 1 saturated heterocycles. The van der Waals surface area contributed by atoms with Crippen LogP contribution in [0, 0.1) is 5.92 Å². The summed E-state index contributed by atoms with van der Waals surface area (Å²) in [6.45, 7) is 0.883. The van der Waals surface area contributed by atoms with Crippen LogP contribution < -0.4 is 19.1 Å². The van der Waals surface area contributed by atoms with Gasteiger partial charge in [0.05, 0.1) is 32.9 Å². The van der Waals surface area contributed by atoms with Gasteiger partial charge < -0.3 is 24.0 Å². The first kappa shape index (κ1) is 21.0. The summed E-state index contributed by atoms with van der Waals surface area (Å²) in [6, 6.07) is 13.4. The van der Waals surface area contributed by atoms with E-state index in [4.69, 9.17) is 14.2 Å². The molecule has 2 amide bonds. The first-order chi connectivity index (χ1) is 15.0. The van der Waals surface area contributed by atoms with Crippen molar-refractivity contribution in [3.05, 3.63) is 48.0 Å². The third-order valence-corrected chi connectivity index (χ3v) is 5.93. The Morgan fingerprint density at radius 2 is 1.68 bits per heavy atom. The molecule has 1 heterocycles. The van der Waals surface area contributed by atoms with Gasteiger partial charge >= 0.3 is 0 Å². The number of anilines is 1. The lowest BCUT2D eigenvalue weighted by atomic mass is 10.1. The van der Waals surface area contributed by atoms with E-state index in [9.17, 15) is 9.59 Å². The van der Waals surface area contributed by atoms with Crippen molar-refractivity contribution in [1.29, 1.82) is 0 Å². The SMILES string of the molecule is COc1ccc(CN(C(=O)C2CC(=O)N(c3cc(OC)ccc3OC)C2)C2CC2)cc1. The molecule has 0 N–H and O–H groups in total. The highest BCUT2D eigenvalue weighted by atomic mass is 16.5. The number of ether oxygens (including phenoxy) is 3. The molecule has 1 aliphatic heterocycles. The number of carbonyl (C=O) groups is 2. The van der Waals surface area contributed by atoms with Crippen molar-refractivity contribution in [2.45, 2.75) is 31.8 Å². The molecule has 2 fully saturated rings. The average molecular weight is 424 g/mol. The summed E-state index contributed by atoms with van der Waals surface area (Å²) in [4.78, 5) is 29.8. The zero-order valence-corrected chi connectivity index (χ0v) is 18.2. The summed E-state index contributed by atoms with van der Waals surface area (Å²) < 4.78 is 16.0. The van der Waals surface area contributed by atoms with Crippen molar-refractivity contribution in [1.82, 2.24) is 4.90 Å². The molecular formula is C24H28N2O5. The van der Waals surface area contributed by atoms with Crippen molar-refractivity contribution >= 4 is 17.5 Å². The van der Waals surface area contributed by atoms with Crippen LogP contribution in [0.2, 0.25) is 0 Å². The fourth-order valence-corrected chi connectivity index (χ4v) is 4.05. The molecule has 31 heavy (non-hydrogen) atoms. The zero-order chi connectivity index (χ0) is 22.0. The standard InChI is InChI=1S/C24H28N2O5/c1-29-19-8-4-16(5-9-19)14-25(18-6-7-18)24(28)17-12-23(27)26(15-17)21-13-20(30-2)10-11-22(21)31-3/h4-5,8-11,13,17-18H,6-7,12,14-15H2,1-3H3. The van der Waals surface area contributed by atoms with Crippen LogP contribution in [0.15, 0.2) is 42.5 Å². The van der Waals surface area contributed by atoms with Gasteiger partial charge in [0.25, 0.3) is 0 Å². The van der Waals surface area contributed by atoms with Gasteiger partial charge in [0.15, 0.2) is 0 Å². The van der Waals surface area contributed by atoms with Gasteiger partial charge in [-0.2, -0.15) is 0 Å². The summed E-state index contributed by atoms with van der Waals surface area (Å²) in [5.41, 5.74) is 1.69. The molecule has 1 unspecified atom stereocenters. The fraction of sp³-hybridized carbons (Fsp3) is 0.417. The minimum absolute atomic E-state index is 0.0380. The largest absolute Gasteiger partial charge is 0.497 e. The van der Waals surface area contributed by atoms with E-state index in [2.05, 4.69) is 0 Å². The normalized spacial score (nSPS) is 18.1. The van der Waals surface area contributed by atoms with Gasteiger partial charge in [-0.15, -0.1) is 0 Å². The quantitative estimate of drug-likeness (QED) is 0.651. The highest BCUT2D eigenvalue weighted by molar-refractivity contribution is 6.01. The third-order valence-electron chi connectivity index (χ3n) is 5.93. The fourth-order valence-electron chi connectivity index (χ4n) is 4.05. The van der Waals surface area contributed by atoms with Gasteiger partial charge in [0, 0.05) is 31.6 Å². The molecule has 7 heteroatoms. The van der Waals surface area contributed by atoms with Crippen molar-refractivity contribution < 1.29 is 23.8 Å². The van der Waals surface area contributed by atoms with E-state index in [0.717, 1.165) is 24.2 Å². The molecule has 2 aliphatic rings. The Balaban J connectivity index is 1.51. The van der Waals surface area contributed by atoms with Gasteiger partial charge in [-0.1, -0.05) is 12.1 Å².